The van der Waals surface area contributed by atoms with Gasteiger partial charge in [-0.05, 0) is 73.7 Å². The highest BCUT2D eigenvalue weighted by Crippen LogP contribution is 2.26. The third kappa shape index (κ3) is 9.29. The van der Waals surface area contributed by atoms with Crippen molar-refractivity contribution in [2.45, 2.75) is 27.7 Å². The fourth-order valence-electron chi connectivity index (χ4n) is 4.18. The molecular weight excluding hydrogens is 482 g/mol. The van der Waals surface area contributed by atoms with Gasteiger partial charge in [-0.25, -0.2) is 0 Å². The van der Waals surface area contributed by atoms with Crippen LogP contribution in [0.5, 0.6) is 0 Å². The van der Waals surface area contributed by atoms with Crippen LogP contribution in [0.3, 0.4) is 0 Å². The summed E-state index contributed by atoms with van der Waals surface area (Å²) in [6.07, 6.45) is 8.00. The Kier molecular flexibility index (Phi) is 12.2. The minimum absolute atomic E-state index is 1.21. The van der Waals surface area contributed by atoms with Gasteiger partial charge >= 0.3 is 0 Å². The van der Waals surface area contributed by atoms with E-state index in [0.717, 1.165) is 0 Å². The predicted molar refractivity (Wildman–Crippen MR) is 177 cm³/mol. The molecule has 0 amide bonds. The molecule has 1 heteroatoms. The molecule has 0 radical (unpaired) electrons. The van der Waals surface area contributed by atoms with E-state index >= 15 is 0 Å². The van der Waals surface area contributed by atoms with E-state index < -0.39 is 0 Å². The van der Waals surface area contributed by atoms with E-state index in [1.165, 1.54) is 44.8 Å². The molecule has 5 rings (SSSR count). The third-order valence-electron chi connectivity index (χ3n) is 6.49. The number of hydrogen-bond donors (Lipinski definition) is 0. The van der Waals surface area contributed by atoms with Crippen LogP contribution in [-0.4, -0.2) is 7.05 Å². The van der Waals surface area contributed by atoms with Crippen molar-refractivity contribution in [2.75, 3.05) is 11.9 Å². The second-order valence-corrected chi connectivity index (χ2v) is 9.54. The van der Waals surface area contributed by atoms with Gasteiger partial charge in [-0.3, -0.25) is 0 Å². The van der Waals surface area contributed by atoms with Crippen molar-refractivity contribution in [3.8, 4) is 22.3 Å². The van der Waals surface area contributed by atoms with Gasteiger partial charge in [0.1, 0.15) is 0 Å². The number of nitrogens with zero attached hydrogens (tertiary/aromatic N) is 1. The highest BCUT2D eigenvalue weighted by atomic mass is 15.1. The minimum atomic E-state index is 1.21. The topological polar surface area (TPSA) is 3.24 Å². The molecule has 0 unspecified atom stereocenters. The fraction of sp³-hybridized carbons (Fsp3) is 0.128. The van der Waals surface area contributed by atoms with Gasteiger partial charge in [0.15, 0.2) is 0 Å². The van der Waals surface area contributed by atoms with Crippen molar-refractivity contribution < 1.29 is 0 Å². The molecule has 1 nitrogen and oxygen atoms in total. The van der Waals surface area contributed by atoms with Crippen LogP contribution in [0.15, 0.2) is 158 Å². The zero-order valence-corrected chi connectivity index (χ0v) is 24.5. The number of rotatable bonds is 5. The number of para-hydroxylation sites is 2. The number of hydrogen-bond acceptors (Lipinski definition) is 1. The molecule has 40 heavy (non-hydrogen) atoms. The summed E-state index contributed by atoms with van der Waals surface area (Å²) in [5, 5.41) is 0. The Balaban J connectivity index is 0.000000188. The molecule has 202 valence electrons. The molecule has 0 saturated carbocycles. The summed E-state index contributed by atoms with van der Waals surface area (Å²) in [6.45, 7) is 8.25. The summed E-state index contributed by atoms with van der Waals surface area (Å²) in [5.41, 5.74) is 10.1. The van der Waals surface area contributed by atoms with Gasteiger partial charge in [0.2, 0.25) is 0 Å². The molecular formula is C39H41N. The second-order valence-electron chi connectivity index (χ2n) is 9.54. The Morgan fingerprint density at radius 3 is 1.32 bits per heavy atom. The molecule has 0 aliphatic carbocycles. The van der Waals surface area contributed by atoms with Crippen LogP contribution in [0.1, 0.15) is 25.0 Å². The number of aryl methyl sites for hydroxylation is 2. The largest absolute Gasteiger partial charge is 0.344 e. The summed E-state index contributed by atoms with van der Waals surface area (Å²) in [5.74, 6) is 0. The maximum atomic E-state index is 2.20. The first kappa shape index (κ1) is 29.9. The van der Waals surface area contributed by atoms with E-state index in [1.54, 1.807) is 0 Å². The molecule has 0 aromatic heterocycles. The Morgan fingerprint density at radius 2 is 0.850 bits per heavy atom. The summed E-state index contributed by atoms with van der Waals surface area (Å²) in [6, 6.07) is 46.7. The average Bonchev–Trinajstić information content (AvgIpc) is 3.02. The van der Waals surface area contributed by atoms with E-state index in [4.69, 9.17) is 0 Å². The highest BCUT2D eigenvalue weighted by Gasteiger charge is 2.04. The zero-order chi connectivity index (χ0) is 28.6. The number of anilines is 2. The molecule has 0 N–H and O–H groups in total. The highest BCUT2D eigenvalue weighted by molar-refractivity contribution is 5.70. The molecule has 0 fully saturated rings. The lowest BCUT2D eigenvalue weighted by Crippen LogP contribution is -2.10. The summed E-state index contributed by atoms with van der Waals surface area (Å²) >= 11 is 0. The number of benzene rings is 5. The van der Waals surface area contributed by atoms with Crippen LogP contribution < -0.4 is 4.90 Å². The first-order valence-electron chi connectivity index (χ1n) is 13.8. The fourth-order valence-corrected chi connectivity index (χ4v) is 4.18. The molecule has 0 saturated heterocycles. The van der Waals surface area contributed by atoms with Gasteiger partial charge < -0.3 is 4.90 Å². The molecule has 0 atom stereocenters. The van der Waals surface area contributed by atoms with Crippen LogP contribution in [0, 0.1) is 13.8 Å². The first-order chi connectivity index (χ1) is 19.5. The van der Waals surface area contributed by atoms with Crippen molar-refractivity contribution in [2.24, 2.45) is 0 Å². The van der Waals surface area contributed by atoms with E-state index in [0.29, 0.717) is 0 Å². The Labute approximate surface area is 241 Å². The normalized spacial score (nSPS) is 10.4. The second kappa shape index (κ2) is 16.4. The van der Waals surface area contributed by atoms with E-state index in [9.17, 15) is 0 Å². The summed E-state index contributed by atoms with van der Waals surface area (Å²) in [4.78, 5) is 2.20. The molecule has 0 heterocycles. The smallest absolute Gasteiger partial charge is 0.0437 e. The van der Waals surface area contributed by atoms with Crippen molar-refractivity contribution in [1.29, 1.82) is 0 Å². The standard InChI is InChI=1S/C19H16.C14H15N.C6H10/c1-15-7-9-17(10-8-15)19-13-11-18(12-14-19)16-5-3-2-4-6-16;1-12-8-6-7-11-14(12)15(2)13-9-4-3-5-10-13;1-3-5-6-4-2/h2-14H,1H3;3-11H,1-2H3;3-6H,1-2H3/b;;5-3-,6-4-. The van der Waals surface area contributed by atoms with Gasteiger partial charge in [-0.15, -0.1) is 0 Å². The quantitative estimate of drug-likeness (QED) is 0.207. The van der Waals surface area contributed by atoms with Gasteiger partial charge in [-0.1, -0.05) is 145 Å². The van der Waals surface area contributed by atoms with Crippen LogP contribution in [0.4, 0.5) is 11.4 Å². The average molecular weight is 524 g/mol. The lowest BCUT2D eigenvalue weighted by molar-refractivity contribution is 1.18. The zero-order valence-electron chi connectivity index (χ0n) is 24.5. The van der Waals surface area contributed by atoms with Crippen LogP contribution in [-0.2, 0) is 0 Å². The van der Waals surface area contributed by atoms with Crippen molar-refractivity contribution >= 4 is 11.4 Å². The van der Waals surface area contributed by atoms with E-state index in [-0.39, 0.29) is 0 Å². The molecule has 0 aliphatic rings. The van der Waals surface area contributed by atoms with Crippen LogP contribution >= 0.6 is 0 Å². The summed E-state index contributed by atoms with van der Waals surface area (Å²) < 4.78 is 0. The van der Waals surface area contributed by atoms with Crippen LogP contribution in [0.2, 0.25) is 0 Å². The molecule has 5 aromatic carbocycles. The Bertz CT molecular complexity index is 1440. The molecule has 0 bridgehead atoms. The van der Waals surface area contributed by atoms with E-state index in [1.807, 2.05) is 50.3 Å². The molecule has 0 spiro atoms. The van der Waals surface area contributed by atoms with Crippen molar-refractivity contribution in [3.63, 3.8) is 0 Å². The Morgan fingerprint density at radius 1 is 0.450 bits per heavy atom. The maximum Gasteiger partial charge on any atom is 0.0437 e. The molecule has 5 aromatic rings. The monoisotopic (exact) mass is 523 g/mol. The van der Waals surface area contributed by atoms with Gasteiger partial charge in [0.05, 0.1) is 0 Å². The lowest BCUT2D eigenvalue weighted by atomic mass is 10.00. The Hall–Kier alpha value is -4.62. The van der Waals surface area contributed by atoms with E-state index in [2.05, 4.69) is 147 Å². The number of allylic oxidation sites excluding steroid dienone is 4. The first-order valence-corrected chi connectivity index (χ1v) is 13.8. The van der Waals surface area contributed by atoms with Crippen molar-refractivity contribution in [3.05, 3.63) is 169 Å². The maximum absolute atomic E-state index is 2.20. The van der Waals surface area contributed by atoms with Crippen LogP contribution in [0.25, 0.3) is 22.3 Å². The van der Waals surface area contributed by atoms with Crippen molar-refractivity contribution in [1.82, 2.24) is 0 Å². The lowest BCUT2D eigenvalue weighted by Gasteiger charge is -2.21. The van der Waals surface area contributed by atoms with Gasteiger partial charge in [0.25, 0.3) is 0 Å². The van der Waals surface area contributed by atoms with Gasteiger partial charge in [0, 0.05) is 18.4 Å². The molecule has 0 aliphatic heterocycles. The van der Waals surface area contributed by atoms with Gasteiger partial charge in [-0.2, -0.15) is 0 Å². The minimum Gasteiger partial charge on any atom is -0.344 e. The summed E-state index contributed by atoms with van der Waals surface area (Å²) in [7, 11) is 2.09. The predicted octanol–water partition coefficient (Wildman–Crippen LogP) is 11.2. The third-order valence-corrected chi connectivity index (χ3v) is 6.49. The SMILES string of the molecule is C/C=C\C=C/C.Cc1ccc(-c2ccc(-c3ccccc3)cc2)cc1.Cc1ccccc1N(C)c1ccccc1.